The molecule has 1 fully saturated rings. The molecule has 2 unspecified atom stereocenters. The van der Waals surface area contributed by atoms with E-state index in [4.69, 9.17) is 0 Å². The molecule has 0 bridgehead atoms. The number of hydrogen-bond acceptors (Lipinski definition) is 2. The molecule has 1 aromatic heterocycles. The van der Waals surface area contributed by atoms with Crippen molar-refractivity contribution in [3.63, 3.8) is 0 Å². The van der Waals surface area contributed by atoms with Gasteiger partial charge in [-0.3, -0.25) is 4.68 Å². The summed E-state index contributed by atoms with van der Waals surface area (Å²) in [6.07, 6.45) is 6.64. The van der Waals surface area contributed by atoms with Gasteiger partial charge in [0.15, 0.2) is 0 Å². The Labute approximate surface area is 72.0 Å². The molecule has 0 aromatic carbocycles. The molecule has 0 aliphatic heterocycles. The number of hydrogen-bond donors (Lipinski definition) is 1. The predicted octanol–water partition coefficient (Wildman–Crippen LogP) is 1.28. The van der Waals surface area contributed by atoms with Crippen molar-refractivity contribution in [2.45, 2.75) is 38.3 Å². The third-order valence-corrected chi connectivity index (χ3v) is 2.48. The monoisotopic (exact) mass is 166 g/mol. The zero-order chi connectivity index (χ0) is 8.55. The van der Waals surface area contributed by atoms with E-state index in [9.17, 15) is 5.11 Å². The molecule has 1 saturated carbocycles. The molecule has 1 heterocycles. The van der Waals surface area contributed by atoms with Gasteiger partial charge in [0.2, 0.25) is 0 Å². The van der Waals surface area contributed by atoms with Crippen LogP contribution < -0.4 is 0 Å². The lowest BCUT2D eigenvalue weighted by Crippen LogP contribution is -2.07. The van der Waals surface area contributed by atoms with Crippen LogP contribution in [-0.4, -0.2) is 21.0 Å². The average molecular weight is 166 g/mol. The first kappa shape index (κ1) is 7.80. The molecule has 3 heteroatoms. The fourth-order valence-electron chi connectivity index (χ4n) is 1.81. The van der Waals surface area contributed by atoms with Crippen LogP contribution in [0.1, 0.15) is 30.9 Å². The molecule has 66 valence electrons. The Bertz CT molecular complexity index is 269. The van der Waals surface area contributed by atoms with Gasteiger partial charge in [-0.1, -0.05) is 0 Å². The highest BCUT2D eigenvalue weighted by atomic mass is 16.3. The average Bonchev–Trinajstić information content (AvgIpc) is 2.58. The maximum absolute atomic E-state index is 9.33. The van der Waals surface area contributed by atoms with Crippen molar-refractivity contribution in [3.8, 4) is 0 Å². The van der Waals surface area contributed by atoms with Gasteiger partial charge < -0.3 is 5.11 Å². The SMILES string of the molecule is Cc1cnn(C2CCC(O)C2)c1. The minimum absolute atomic E-state index is 0.112. The number of nitrogens with zero attached hydrogens (tertiary/aromatic N) is 2. The topological polar surface area (TPSA) is 38.0 Å². The number of aliphatic hydroxyl groups is 1. The second-order valence-electron chi connectivity index (χ2n) is 3.62. The van der Waals surface area contributed by atoms with Crippen LogP contribution >= 0.6 is 0 Å². The van der Waals surface area contributed by atoms with Gasteiger partial charge >= 0.3 is 0 Å². The Kier molecular flexibility index (Phi) is 1.89. The summed E-state index contributed by atoms with van der Waals surface area (Å²) in [6, 6.07) is 0.425. The second-order valence-corrected chi connectivity index (χ2v) is 3.62. The lowest BCUT2D eigenvalue weighted by atomic mass is 10.2. The van der Waals surface area contributed by atoms with E-state index in [1.165, 1.54) is 5.56 Å². The van der Waals surface area contributed by atoms with Crippen LogP contribution in [0.2, 0.25) is 0 Å². The maximum atomic E-state index is 9.33. The normalized spacial score (nSPS) is 29.5. The van der Waals surface area contributed by atoms with Crippen LogP contribution in [0.25, 0.3) is 0 Å². The molecule has 3 nitrogen and oxygen atoms in total. The van der Waals surface area contributed by atoms with Gasteiger partial charge in [0.1, 0.15) is 0 Å². The number of aryl methyl sites for hydroxylation is 1. The molecule has 1 aromatic rings. The molecule has 1 N–H and O–H groups in total. The first-order valence-electron chi connectivity index (χ1n) is 4.44. The van der Waals surface area contributed by atoms with E-state index in [0.717, 1.165) is 19.3 Å². The van der Waals surface area contributed by atoms with E-state index in [0.29, 0.717) is 6.04 Å². The van der Waals surface area contributed by atoms with Crippen molar-refractivity contribution in [2.24, 2.45) is 0 Å². The number of aromatic nitrogens is 2. The van der Waals surface area contributed by atoms with Gasteiger partial charge in [0.05, 0.1) is 18.3 Å². The van der Waals surface area contributed by atoms with Gasteiger partial charge in [-0.25, -0.2) is 0 Å². The molecule has 2 atom stereocenters. The first-order valence-corrected chi connectivity index (χ1v) is 4.44. The summed E-state index contributed by atoms with van der Waals surface area (Å²) in [5.41, 5.74) is 1.19. The molecule has 1 aliphatic carbocycles. The summed E-state index contributed by atoms with van der Waals surface area (Å²) in [6.45, 7) is 2.04. The second kappa shape index (κ2) is 2.90. The summed E-state index contributed by atoms with van der Waals surface area (Å²) >= 11 is 0. The summed E-state index contributed by atoms with van der Waals surface area (Å²) in [5.74, 6) is 0. The highest BCUT2D eigenvalue weighted by molar-refractivity contribution is 5.01. The molecule has 0 radical (unpaired) electrons. The molecule has 1 aliphatic rings. The van der Waals surface area contributed by atoms with Crippen molar-refractivity contribution in [1.82, 2.24) is 9.78 Å². The van der Waals surface area contributed by atoms with Crippen LogP contribution in [0.4, 0.5) is 0 Å². The first-order chi connectivity index (χ1) is 5.75. The Morgan fingerprint density at radius 1 is 1.58 bits per heavy atom. The third-order valence-electron chi connectivity index (χ3n) is 2.48. The Morgan fingerprint density at radius 3 is 2.92 bits per heavy atom. The van der Waals surface area contributed by atoms with E-state index < -0.39 is 0 Å². The van der Waals surface area contributed by atoms with Gasteiger partial charge in [-0.05, 0) is 31.7 Å². The molecule has 12 heavy (non-hydrogen) atoms. The Morgan fingerprint density at radius 2 is 2.42 bits per heavy atom. The van der Waals surface area contributed by atoms with Gasteiger partial charge in [-0.15, -0.1) is 0 Å². The van der Waals surface area contributed by atoms with Crippen LogP contribution in [-0.2, 0) is 0 Å². The molecule has 0 saturated heterocycles. The lowest BCUT2D eigenvalue weighted by Gasteiger charge is -2.08. The van der Waals surface area contributed by atoms with Crippen molar-refractivity contribution in [3.05, 3.63) is 18.0 Å². The molecule has 2 rings (SSSR count). The Hall–Kier alpha value is -0.830. The minimum Gasteiger partial charge on any atom is -0.393 e. The Balaban J connectivity index is 2.11. The van der Waals surface area contributed by atoms with Gasteiger partial charge in [0, 0.05) is 6.20 Å². The van der Waals surface area contributed by atoms with E-state index in [-0.39, 0.29) is 6.10 Å². The van der Waals surface area contributed by atoms with Gasteiger partial charge in [-0.2, -0.15) is 5.10 Å². The molecular weight excluding hydrogens is 152 g/mol. The smallest absolute Gasteiger partial charge is 0.0561 e. The van der Waals surface area contributed by atoms with E-state index in [2.05, 4.69) is 5.10 Å². The van der Waals surface area contributed by atoms with Crippen molar-refractivity contribution in [2.75, 3.05) is 0 Å². The summed E-state index contributed by atoms with van der Waals surface area (Å²) in [4.78, 5) is 0. The quantitative estimate of drug-likeness (QED) is 0.682. The predicted molar refractivity (Wildman–Crippen MR) is 45.9 cm³/mol. The maximum Gasteiger partial charge on any atom is 0.0561 e. The fourth-order valence-corrected chi connectivity index (χ4v) is 1.81. The van der Waals surface area contributed by atoms with Crippen LogP contribution in [0.15, 0.2) is 12.4 Å². The highest BCUT2D eigenvalue weighted by Gasteiger charge is 2.24. The van der Waals surface area contributed by atoms with Crippen LogP contribution in [0.5, 0.6) is 0 Å². The number of rotatable bonds is 1. The van der Waals surface area contributed by atoms with E-state index in [1.54, 1.807) is 0 Å². The molecule has 0 amide bonds. The van der Waals surface area contributed by atoms with Crippen molar-refractivity contribution < 1.29 is 5.11 Å². The summed E-state index contributed by atoms with van der Waals surface area (Å²) < 4.78 is 1.98. The van der Waals surface area contributed by atoms with E-state index >= 15 is 0 Å². The largest absolute Gasteiger partial charge is 0.393 e. The lowest BCUT2D eigenvalue weighted by molar-refractivity contribution is 0.177. The third kappa shape index (κ3) is 1.37. The zero-order valence-electron chi connectivity index (χ0n) is 7.27. The van der Waals surface area contributed by atoms with Crippen LogP contribution in [0, 0.1) is 6.92 Å². The molecular formula is C9H14N2O. The summed E-state index contributed by atoms with van der Waals surface area (Å²) in [5, 5.41) is 13.6. The zero-order valence-corrected chi connectivity index (χ0v) is 7.27. The fraction of sp³-hybridized carbons (Fsp3) is 0.667. The van der Waals surface area contributed by atoms with Gasteiger partial charge in [0.25, 0.3) is 0 Å². The van der Waals surface area contributed by atoms with Crippen molar-refractivity contribution >= 4 is 0 Å². The van der Waals surface area contributed by atoms with Crippen molar-refractivity contribution in [1.29, 1.82) is 0 Å². The number of aliphatic hydroxyl groups excluding tert-OH is 1. The van der Waals surface area contributed by atoms with Crippen LogP contribution in [0.3, 0.4) is 0 Å². The standard InChI is InChI=1S/C9H14N2O/c1-7-5-10-11(6-7)8-2-3-9(12)4-8/h5-6,8-9,12H,2-4H2,1H3. The summed E-state index contributed by atoms with van der Waals surface area (Å²) in [7, 11) is 0. The van der Waals surface area contributed by atoms with E-state index in [1.807, 2.05) is 24.0 Å². The molecule has 0 spiro atoms. The minimum atomic E-state index is -0.112. The highest BCUT2D eigenvalue weighted by Crippen LogP contribution is 2.29.